The van der Waals surface area contributed by atoms with Crippen LogP contribution in [0.5, 0.6) is 0 Å². The zero-order chi connectivity index (χ0) is 12.2. The summed E-state index contributed by atoms with van der Waals surface area (Å²) in [5.74, 6) is 0.468. The molecule has 0 heterocycles. The Hall–Kier alpha value is 0.0569. The van der Waals surface area contributed by atoms with Crippen LogP contribution in [0.2, 0.25) is 6.04 Å². The van der Waals surface area contributed by atoms with E-state index in [0.717, 1.165) is 38.5 Å². The Morgan fingerprint density at radius 2 is 1.62 bits per heavy atom. The first kappa shape index (κ1) is 16.1. The lowest BCUT2D eigenvalue weighted by atomic mass is 10.1. The Balaban J connectivity index is 3.94. The molecule has 98 valence electrons. The SMILES string of the molecule is CCCO[SiH](CC(CN)CCN)OCCC. The third kappa shape index (κ3) is 8.24. The van der Waals surface area contributed by atoms with Gasteiger partial charge in [-0.3, -0.25) is 0 Å². The molecular weight excluding hydrogens is 220 g/mol. The molecule has 5 heteroatoms. The van der Waals surface area contributed by atoms with Crippen molar-refractivity contribution in [2.45, 2.75) is 39.2 Å². The summed E-state index contributed by atoms with van der Waals surface area (Å²) < 4.78 is 11.6. The molecule has 0 aromatic rings. The van der Waals surface area contributed by atoms with Crippen LogP contribution in [0.25, 0.3) is 0 Å². The topological polar surface area (TPSA) is 70.5 Å². The van der Waals surface area contributed by atoms with Gasteiger partial charge in [0.2, 0.25) is 0 Å². The second kappa shape index (κ2) is 11.5. The molecule has 0 aromatic heterocycles. The summed E-state index contributed by atoms with van der Waals surface area (Å²) >= 11 is 0. The average Bonchev–Trinajstić information content (AvgIpc) is 2.31. The standard InChI is InChI=1S/C11H28N2O2Si/c1-3-7-14-16(15-8-4-2)10-11(9-13)5-6-12/h11,16H,3-10,12-13H2,1-2H3. The lowest BCUT2D eigenvalue weighted by Gasteiger charge is -2.21. The summed E-state index contributed by atoms with van der Waals surface area (Å²) in [6, 6.07) is 0.994. The van der Waals surface area contributed by atoms with Gasteiger partial charge in [0.05, 0.1) is 0 Å². The largest absolute Gasteiger partial charge is 0.397 e. The van der Waals surface area contributed by atoms with Gasteiger partial charge in [-0.1, -0.05) is 13.8 Å². The third-order valence-electron chi connectivity index (χ3n) is 2.45. The third-order valence-corrected chi connectivity index (χ3v) is 4.72. The molecule has 0 radical (unpaired) electrons. The molecule has 0 saturated heterocycles. The van der Waals surface area contributed by atoms with Crippen LogP contribution >= 0.6 is 0 Å². The Bertz CT molecular complexity index is 142. The van der Waals surface area contributed by atoms with Gasteiger partial charge < -0.3 is 20.3 Å². The summed E-state index contributed by atoms with van der Waals surface area (Å²) in [7, 11) is -1.51. The van der Waals surface area contributed by atoms with E-state index in [2.05, 4.69) is 13.8 Å². The Morgan fingerprint density at radius 1 is 1.06 bits per heavy atom. The molecule has 0 aliphatic rings. The first-order valence-corrected chi connectivity index (χ1v) is 8.17. The van der Waals surface area contributed by atoms with Gasteiger partial charge in [0.25, 0.3) is 0 Å². The summed E-state index contributed by atoms with van der Waals surface area (Å²) in [5.41, 5.74) is 11.3. The predicted octanol–water partition coefficient (Wildman–Crippen LogP) is 0.984. The van der Waals surface area contributed by atoms with Crippen molar-refractivity contribution in [3.8, 4) is 0 Å². The van der Waals surface area contributed by atoms with E-state index in [1.165, 1.54) is 0 Å². The Labute approximate surface area is 102 Å². The van der Waals surface area contributed by atoms with Gasteiger partial charge in [0.15, 0.2) is 0 Å². The van der Waals surface area contributed by atoms with Crippen LogP contribution in [0, 0.1) is 5.92 Å². The molecule has 0 spiro atoms. The van der Waals surface area contributed by atoms with Crippen molar-refractivity contribution in [1.82, 2.24) is 0 Å². The van der Waals surface area contributed by atoms with E-state index in [0.29, 0.717) is 19.0 Å². The van der Waals surface area contributed by atoms with Crippen LogP contribution in [0.4, 0.5) is 0 Å². The smallest absolute Gasteiger partial charge is 0.321 e. The minimum absolute atomic E-state index is 0.468. The van der Waals surface area contributed by atoms with Crippen LogP contribution in [0.3, 0.4) is 0 Å². The fourth-order valence-electron chi connectivity index (χ4n) is 1.52. The van der Waals surface area contributed by atoms with E-state index in [4.69, 9.17) is 20.3 Å². The van der Waals surface area contributed by atoms with Crippen molar-refractivity contribution in [1.29, 1.82) is 0 Å². The lowest BCUT2D eigenvalue weighted by molar-refractivity contribution is 0.191. The van der Waals surface area contributed by atoms with Gasteiger partial charge in [-0.25, -0.2) is 0 Å². The van der Waals surface area contributed by atoms with E-state index < -0.39 is 9.28 Å². The van der Waals surface area contributed by atoms with Crippen molar-refractivity contribution in [3.63, 3.8) is 0 Å². The summed E-state index contributed by atoms with van der Waals surface area (Å²) in [6.45, 7) is 7.23. The predicted molar refractivity (Wildman–Crippen MR) is 70.7 cm³/mol. The molecule has 0 aliphatic carbocycles. The highest BCUT2D eigenvalue weighted by Crippen LogP contribution is 2.12. The molecule has 16 heavy (non-hydrogen) atoms. The second-order valence-electron chi connectivity index (χ2n) is 4.09. The summed E-state index contributed by atoms with van der Waals surface area (Å²) in [5, 5.41) is 0. The maximum Gasteiger partial charge on any atom is 0.321 e. The zero-order valence-electron chi connectivity index (χ0n) is 10.8. The summed E-state index contributed by atoms with van der Waals surface area (Å²) in [4.78, 5) is 0. The normalized spacial score (nSPS) is 13.3. The van der Waals surface area contributed by atoms with Gasteiger partial charge in [0.1, 0.15) is 0 Å². The molecule has 0 aliphatic heterocycles. The highest BCUT2D eigenvalue weighted by atomic mass is 28.3. The number of rotatable bonds is 11. The zero-order valence-corrected chi connectivity index (χ0v) is 11.9. The molecule has 1 atom stereocenters. The van der Waals surface area contributed by atoms with Crippen LogP contribution in [-0.4, -0.2) is 35.6 Å². The Morgan fingerprint density at radius 3 is 2.00 bits per heavy atom. The molecule has 4 nitrogen and oxygen atoms in total. The van der Waals surface area contributed by atoms with Crippen molar-refractivity contribution in [3.05, 3.63) is 0 Å². The van der Waals surface area contributed by atoms with Crippen molar-refractivity contribution >= 4 is 9.28 Å². The maximum absolute atomic E-state index is 5.79. The van der Waals surface area contributed by atoms with E-state index in [9.17, 15) is 0 Å². The van der Waals surface area contributed by atoms with Crippen molar-refractivity contribution in [2.24, 2.45) is 17.4 Å². The highest BCUT2D eigenvalue weighted by Gasteiger charge is 2.18. The number of hydrogen-bond acceptors (Lipinski definition) is 4. The summed E-state index contributed by atoms with van der Waals surface area (Å²) in [6.07, 6.45) is 3.07. The lowest BCUT2D eigenvalue weighted by Crippen LogP contribution is -2.30. The van der Waals surface area contributed by atoms with E-state index in [1.807, 2.05) is 0 Å². The molecule has 0 rings (SSSR count). The van der Waals surface area contributed by atoms with Gasteiger partial charge in [-0.15, -0.1) is 0 Å². The molecule has 0 amide bonds. The fourth-order valence-corrected chi connectivity index (χ4v) is 3.86. The monoisotopic (exact) mass is 248 g/mol. The molecule has 0 fully saturated rings. The van der Waals surface area contributed by atoms with E-state index in [1.54, 1.807) is 0 Å². The minimum Gasteiger partial charge on any atom is -0.397 e. The highest BCUT2D eigenvalue weighted by molar-refractivity contribution is 6.44. The maximum atomic E-state index is 5.79. The molecule has 0 bridgehead atoms. The molecule has 1 unspecified atom stereocenters. The van der Waals surface area contributed by atoms with E-state index in [-0.39, 0.29) is 0 Å². The van der Waals surface area contributed by atoms with Gasteiger partial charge in [-0.2, -0.15) is 0 Å². The van der Waals surface area contributed by atoms with Gasteiger partial charge in [0, 0.05) is 13.2 Å². The van der Waals surface area contributed by atoms with Crippen LogP contribution in [-0.2, 0) is 8.85 Å². The molecule has 0 aromatic carbocycles. The average molecular weight is 248 g/mol. The number of hydrogen-bond donors (Lipinski definition) is 2. The minimum atomic E-state index is -1.51. The van der Waals surface area contributed by atoms with Crippen molar-refractivity contribution < 1.29 is 8.85 Å². The van der Waals surface area contributed by atoms with Crippen LogP contribution in [0.15, 0.2) is 0 Å². The van der Waals surface area contributed by atoms with Crippen LogP contribution in [0.1, 0.15) is 33.1 Å². The van der Waals surface area contributed by atoms with Crippen molar-refractivity contribution in [2.75, 3.05) is 26.3 Å². The Kier molecular flexibility index (Phi) is 11.6. The van der Waals surface area contributed by atoms with Gasteiger partial charge in [-0.05, 0) is 44.3 Å². The molecule has 4 N–H and O–H groups in total. The fraction of sp³-hybridized carbons (Fsp3) is 1.00. The molecular formula is C11H28N2O2Si. The second-order valence-corrected chi connectivity index (χ2v) is 6.08. The first-order chi connectivity index (χ1) is 7.78. The first-order valence-electron chi connectivity index (χ1n) is 6.41. The molecule has 0 saturated carbocycles. The van der Waals surface area contributed by atoms with E-state index >= 15 is 0 Å². The quantitative estimate of drug-likeness (QED) is 0.535. The van der Waals surface area contributed by atoms with Gasteiger partial charge >= 0.3 is 9.28 Å². The van der Waals surface area contributed by atoms with Crippen LogP contribution < -0.4 is 11.5 Å². The number of nitrogens with two attached hydrogens (primary N) is 2.